The summed E-state index contributed by atoms with van der Waals surface area (Å²) in [4.78, 5) is 0. The predicted molar refractivity (Wildman–Crippen MR) is 85.3 cm³/mol. The Morgan fingerprint density at radius 3 is 2.10 bits per heavy atom. The van der Waals surface area contributed by atoms with Gasteiger partial charge in [0.25, 0.3) is 0 Å². The molecule has 2 aromatic carbocycles. The van der Waals surface area contributed by atoms with Crippen molar-refractivity contribution in [3.05, 3.63) is 62.3 Å². The van der Waals surface area contributed by atoms with Crippen molar-refractivity contribution < 1.29 is 9.13 Å². The first kappa shape index (κ1) is 15.5. The van der Waals surface area contributed by atoms with E-state index in [1.54, 1.807) is 19.2 Å². The summed E-state index contributed by atoms with van der Waals surface area (Å²) in [5, 5.41) is 3.32. The molecule has 0 fully saturated rings. The summed E-state index contributed by atoms with van der Waals surface area (Å²) in [6.07, 6.45) is 0. The fourth-order valence-electron chi connectivity index (χ4n) is 1.86. The maximum atomic E-state index is 12.8. The number of nitrogens with one attached hydrogen (secondary N) is 1. The van der Waals surface area contributed by atoms with Gasteiger partial charge >= 0.3 is 0 Å². The third-order valence-electron chi connectivity index (χ3n) is 2.83. The molecule has 0 aliphatic heterocycles. The van der Waals surface area contributed by atoms with Crippen LogP contribution in [-0.2, 0) is 13.1 Å². The van der Waals surface area contributed by atoms with E-state index in [1.165, 1.54) is 12.1 Å². The maximum Gasteiger partial charge on any atom is 0.147 e. The van der Waals surface area contributed by atoms with Crippen molar-refractivity contribution in [3.63, 3.8) is 0 Å². The molecule has 1 N–H and O–H groups in total. The molecule has 0 aromatic heterocycles. The lowest BCUT2D eigenvalue weighted by atomic mass is 10.2. The molecule has 0 radical (unpaired) electrons. The van der Waals surface area contributed by atoms with Crippen LogP contribution in [0.2, 0.25) is 0 Å². The van der Waals surface area contributed by atoms with Crippen LogP contribution < -0.4 is 10.1 Å². The molecule has 0 bridgehead atoms. The number of rotatable bonds is 5. The molecule has 0 saturated heterocycles. The van der Waals surface area contributed by atoms with Gasteiger partial charge in [-0.15, -0.1) is 0 Å². The summed E-state index contributed by atoms with van der Waals surface area (Å²) in [6, 6.07) is 10.5. The largest absolute Gasteiger partial charge is 0.494 e. The predicted octanol–water partition coefficient (Wildman–Crippen LogP) is 4.65. The minimum Gasteiger partial charge on any atom is -0.494 e. The SMILES string of the molecule is COc1c(Br)cc(CNCc2ccc(F)cc2)cc1Br. The van der Waals surface area contributed by atoms with E-state index in [1.807, 2.05) is 12.1 Å². The van der Waals surface area contributed by atoms with E-state index < -0.39 is 0 Å². The smallest absolute Gasteiger partial charge is 0.147 e. The zero-order chi connectivity index (χ0) is 14.5. The van der Waals surface area contributed by atoms with Crippen molar-refractivity contribution in [2.45, 2.75) is 13.1 Å². The van der Waals surface area contributed by atoms with Crippen LogP contribution in [0.5, 0.6) is 5.75 Å². The normalized spacial score (nSPS) is 10.6. The molecular formula is C15H14Br2FNO. The zero-order valence-corrected chi connectivity index (χ0v) is 14.1. The van der Waals surface area contributed by atoms with Crippen LogP contribution in [0.1, 0.15) is 11.1 Å². The van der Waals surface area contributed by atoms with Gasteiger partial charge in [-0.1, -0.05) is 12.1 Å². The molecular weight excluding hydrogens is 389 g/mol. The van der Waals surface area contributed by atoms with E-state index in [4.69, 9.17) is 4.74 Å². The number of halogens is 3. The van der Waals surface area contributed by atoms with Crippen molar-refractivity contribution in [2.24, 2.45) is 0 Å². The van der Waals surface area contributed by atoms with E-state index >= 15 is 0 Å². The second-order valence-electron chi connectivity index (χ2n) is 4.32. The van der Waals surface area contributed by atoms with E-state index in [-0.39, 0.29) is 5.82 Å². The molecule has 5 heteroatoms. The average Bonchev–Trinajstić information content (AvgIpc) is 2.41. The summed E-state index contributed by atoms with van der Waals surface area (Å²) in [7, 11) is 1.64. The molecule has 2 rings (SSSR count). The van der Waals surface area contributed by atoms with Crippen LogP contribution in [0.25, 0.3) is 0 Å². The van der Waals surface area contributed by atoms with Gasteiger partial charge in [0.15, 0.2) is 0 Å². The van der Waals surface area contributed by atoms with Crippen LogP contribution in [0.15, 0.2) is 45.3 Å². The molecule has 2 nitrogen and oxygen atoms in total. The average molecular weight is 403 g/mol. The number of hydrogen-bond acceptors (Lipinski definition) is 2. The fraction of sp³-hybridized carbons (Fsp3) is 0.200. The fourth-order valence-corrected chi connectivity index (χ4v) is 3.47. The van der Waals surface area contributed by atoms with Crippen molar-refractivity contribution in [1.29, 1.82) is 0 Å². The summed E-state index contributed by atoms with van der Waals surface area (Å²) in [6.45, 7) is 1.42. The molecule has 20 heavy (non-hydrogen) atoms. The second kappa shape index (κ2) is 7.20. The summed E-state index contributed by atoms with van der Waals surface area (Å²) in [5.74, 6) is 0.573. The Hall–Kier alpha value is -0.910. The lowest BCUT2D eigenvalue weighted by Crippen LogP contribution is -2.12. The van der Waals surface area contributed by atoms with Gasteiger partial charge in [0.2, 0.25) is 0 Å². The highest BCUT2D eigenvalue weighted by Crippen LogP contribution is 2.34. The molecule has 0 atom stereocenters. The molecule has 0 saturated carbocycles. The topological polar surface area (TPSA) is 21.3 Å². The van der Waals surface area contributed by atoms with Crippen LogP contribution >= 0.6 is 31.9 Å². The summed E-state index contributed by atoms with van der Waals surface area (Å²) >= 11 is 6.96. The third kappa shape index (κ3) is 4.04. The van der Waals surface area contributed by atoms with Gasteiger partial charge in [0.1, 0.15) is 11.6 Å². The first-order chi connectivity index (χ1) is 9.60. The second-order valence-corrected chi connectivity index (χ2v) is 6.03. The summed E-state index contributed by atoms with van der Waals surface area (Å²) in [5.41, 5.74) is 2.18. The highest BCUT2D eigenvalue weighted by molar-refractivity contribution is 9.11. The van der Waals surface area contributed by atoms with E-state index in [0.717, 1.165) is 32.4 Å². The van der Waals surface area contributed by atoms with Crippen LogP contribution in [0.3, 0.4) is 0 Å². The Labute approximate surface area is 134 Å². The summed E-state index contributed by atoms with van der Waals surface area (Å²) < 4.78 is 19.9. The van der Waals surface area contributed by atoms with Gasteiger partial charge in [0.05, 0.1) is 16.1 Å². The zero-order valence-electron chi connectivity index (χ0n) is 10.9. The molecule has 0 amide bonds. The van der Waals surface area contributed by atoms with Crippen molar-refractivity contribution in [1.82, 2.24) is 5.32 Å². The molecule has 0 unspecified atom stereocenters. The Morgan fingerprint density at radius 1 is 1.00 bits per heavy atom. The monoisotopic (exact) mass is 401 g/mol. The van der Waals surface area contributed by atoms with Gasteiger partial charge in [-0.3, -0.25) is 0 Å². The molecule has 0 spiro atoms. The minimum absolute atomic E-state index is 0.211. The van der Waals surface area contributed by atoms with Crippen LogP contribution in [0, 0.1) is 5.82 Å². The van der Waals surface area contributed by atoms with E-state index in [9.17, 15) is 4.39 Å². The number of ether oxygens (including phenoxy) is 1. The van der Waals surface area contributed by atoms with Crippen LogP contribution in [-0.4, -0.2) is 7.11 Å². The van der Waals surface area contributed by atoms with Gasteiger partial charge < -0.3 is 10.1 Å². The Morgan fingerprint density at radius 2 is 1.55 bits per heavy atom. The van der Waals surface area contributed by atoms with Crippen LogP contribution in [0.4, 0.5) is 4.39 Å². The molecule has 2 aromatic rings. The van der Waals surface area contributed by atoms with Crippen molar-refractivity contribution >= 4 is 31.9 Å². The van der Waals surface area contributed by atoms with Gasteiger partial charge in [-0.2, -0.15) is 0 Å². The van der Waals surface area contributed by atoms with Gasteiger partial charge in [0, 0.05) is 13.1 Å². The quantitative estimate of drug-likeness (QED) is 0.785. The maximum absolute atomic E-state index is 12.8. The van der Waals surface area contributed by atoms with Gasteiger partial charge in [-0.05, 0) is 67.3 Å². The lowest BCUT2D eigenvalue weighted by molar-refractivity contribution is 0.409. The Kier molecular flexibility index (Phi) is 5.57. The third-order valence-corrected chi connectivity index (χ3v) is 4.01. The Bertz CT molecular complexity index is 564. The Balaban J connectivity index is 1.96. The first-order valence-corrected chi connectivity index (χ1v) is 7.66. The molecule has 106 valence electrons. The molecule has 0 aliphatic carbocycles. The standard InChI is InChI=1S/C15H14Br2FNO/c1-20-15-13(16)6-11(7-14(15)17)9-19-8-10-2-4-12(18)5-3-10/h2-7,19H,8-9H2,1H3. The number of methoxy groups -OCH3 is 1. The number of benzene rings is 2. The minimum atomic E-state index is -0.211. The van der Waals surface area contributed by atoms with E-state index in [2.05, 4.69) is 37.2 Å². The highest BCUT2D eigenvalue weighted by Gasteiger charge is 2.07. The number of hydrogen-bond donors (Lipinski definition) is 1. The van der Waals surface area contributed by atoms with Crippen molar-refractivity contribution in [3.8, 4) is 5.75 Å². The first-order valence-electron chi connectivity index (χ1n) is 6.07. The molecule has 0 aliphatic rings. The van der Waals surface area contributed by atoms with E-state index in [0.29, 0.717) is 6.54 Å². The lowest BCUT2D eigenvalue weighted by Gasteiger charge is -2.10. The molecule has 0 heterocycles. The highest BCUT2D eigenvalue weighted by atomic mass is 79.9. The van der Waals surface area contributed by atoms with Gasteiger partial charge in [-0.25, -0.2) is 4.39 Å². The van der Waals surface area contributed by atoms with Crippen molar-refractivity contribution in [2.75, 3.05) is 7.11 Å².